The number of carboxylic acid groups (broad SMARTS) is 1. The second kappa shape index (κ2) is 7.44. The fourth-order valence-electron chi connectivity index (χ4n) is 4.98. The molecule has 33 heavy (non-hydrogen) atoms. The maximum absolute atomic E-state index is 13.4. The number of rotatable bonds is 3. The van der Waals surface area contributed by atoms with E-state index in [2.05, 4.69) is 17.6 Å². The number of benzene rings is 3. The highest BCUT2D eigenvalue weighted by molar-refractivity contribution is 6.07. The van der Waals surface area contributed by atoms with Gasteiger partial charge < -0.3 is 14.4 Å². The van der Waals surface area contributed by atoms with Crippen molar-refractivity contribution in [3.05, 3.63) is 71.6 Å². The normalized spacial score (nSPS) is 18.4. The number of nitrogens with zero attached hydrogens (tertiary/aromatic N) is 2. The van der Waals surface area contributed by atoms with E-state index in [0.717, 1.165) is 40.6 Å². The average Bonchev–Trinajstić information content (AvgIpc) is 2.77. The molecule has 0 atom stereocenters. The standard InChI is InChI=1S/C27H23FN2O3/c1-16-12-29(13-16)18-6-8-22-24(10-18)33-25-11-19(30-14-17(28)15-30)7-9-23(25)26(22)20-4-2-3-5-21(20)27(31)32/h2-11,16-17H,12-15H2,1H3/p+1. The Bertz CT molecular complexity index is 1440. The van der Waals surface area contributed by atoms with Crippen LogP contribution in [0.1, 0.15) is 17.3 Å². The summed E-state index contributed by atoms with van der Waals surface area (Å²) in [5.41, 5.74) is 4.18. The Morgan fingerprint density at radius 1 is 1.06 bits per heavy atom. The van der Waals surface area contributed by atoms with Gasteiger partial charge in [0.2, 0.25) is 5.36 Å². The van der Waals surface area contributed by atoms with Crippen molar-refractivity contribution in [1.29, 1.82) is 0 Å². The van der Waals surface area contributed by atoms with Gasteiger partial charge in [-0.05, 0) is 29.8 Å². The summed E-state index contributed by atoms with van der Waals surface area (Å²) < 4.78 is 22.1. The van der Waals surface area contributed by atoms with Crippen molar-refractivity contribution in [2.24, 2.45) is 5.92 Å². The molecule has 3 aliphatic heterocycles. The van der Waals surface area contributed by atoms with Gasteiger partial charge in [0, 0.05) is 34.3 Å². The highest BCUT2D eigenvalue weighted by atomic mass is 19.1. The van der Waals surface area contributed by atoms with Crippen molar-refractivity contribution < 1.29 is 18.7 Å². The van der Waals surface area contributed by atoms with Crippen LogP contribution in [0.15, 0.2) is 65.1 Å². The number of carbonyl (C=O) groups is 1. The molecule has 0 saturated carbocycles. The lowest BCUT2D eigenvalue weighted by Gasteiger charge is -2.36. The van der Waals surface area contributed by atoms with E-state index in [1.54, 1.807) is 12.1 Å². The van der Waals surface area contributed by atoms with Gasteiger partial charge in [0.05, 0.1) is 30.6 Å². The van der Waals surface area contributed by atoms with Crippen molar-refractivity contribution in [3.8, 4) is 22.5 Å². The van der Waals surface area contributed by atoms with Gasteiger partial charge in [-0.1, -0.05) is 25.1 Å². The van der Waals surface area contributed by atoms with Crippen molar-refractivity contribution >= 4 is 22.6 Å². The number of halogens is 1. The molecule has 0 radical (unpaired) electrons. The van der Waals surface area contributed by atoms with Crippen LogP contribution in [-0.2, 0) is 0 Å². The molecule has 166 valence electrons. The summed E-state index contributed by atoms with van der Waals surface area (Å²) in [4.78, 5) is 14.0. The largest absolute Gasteiger partial charge is 0.478 e. The van der Waals surface area contributed by atoms with Crippen molar-refractivity contribution in [3.63, 3.8) is 0 Å². The van der Waals surface area contributed by atoms with Gasteiger partial charge in [-0.3, -0.25) is 0 Å². The molecule has 1 aliphatic carbocycles. The van der Waals surface area contributed by atoms with Crippen molar-refractivity contribution in [1.82, 2.24) is 4.58 Å². The smallest absolute Gasteiger partial charge is 0.336 e. The molecule has 5 nitrogen and oxygen atoms in total. The van der Waals surface area contributed by atoms with Crippen LogP contribution >= 0.6 is 0 Å². The van der Waals surface area contributed by atoms with Crippen LogP contribution < -0.4 is 14.8 Å². The van der Waals surface area contributed by atoms with E-state index in [0.29, 0.717) is 35.9 Å². The summed E-state index contributed by atoms with van der Waals surface area (Å²) in [7, 11) is 0. The number of carboxylic acids is 1. The van der Waals surface area contributed by atoms with E-state index in [9.17, 15) is 14.3 Å². The molecule has 2 fully saturated rings. The van der Waals surface area contributed by atoms with E-state index in [1.807, 2.05) is 47.4 Å². The molecular formula is C27H24FN2O3+. The molecule has 0 unspecified atom stereocenters. The van der Waals surface area contributed by atoms with Gasteiger partial charge in [0.1, 0.15) is 17.5 Å². The summed E-state index contributed by atoms with van der Waals surface area (Å²) in [6.07, 6.45) is -0.797. The third-order valence-corrected chi connectivity index (χ3v) is 6.75. The van der Waals surface area contributed by atoms with Crippen LogP contribution in [0.2, 0.25) is 0 Å². The second-order valence-electron chi connectivity index (χ2n) is 9.20. The molecule has 6 rings (SSSR count). The third-order valence-electron chi connectivity index (χ3n) is 6.75. The van der Waals surface area contributed by atoms with Crippen LogP contribution in [0.4, 0.5) is 10.1 Å². The van der Waals surface area contributed by atoms with Crippen LogP contribution in [0.3, 0.4) is 0 Å². The van der Waals surface area contributed by atoms with Gasteiger partial charge in [-0.15, -0.1) is 0 Å². The van der Waals surface area contributed by atoms with E-state index in [4.69, 9.17) is 4.42 Å². The first-order chi connectivity index (χ1) is 16.0. The Balaban J connectivity index is 1.64. The lowest BCUT2D eigenvalue weighted by molar-refractivity contribution is 0.0697. The summed E-state index contributed by atoms with van der Waals surface area (Å²) >= 11 is 0. The Kier molecular flexibility index (Phi) is 4.50. The predicted molar refractivity (Wildman–Crippen MR) is 127 cm³/mol. The van der Waals surface area contributed by atoms with E-state index < -0.39 is 12.1 Å². The molecule has 0 spiro atoms. The second-order valence-corrected chi connectivity index (χ2v) is 9.20. The van der Waals surface area contributed by atoms with E-state index >= 15 is 0 Å². The lowest BCUT2D eigenvalue weighted by atomic mass is 9.90. The maximum atomic E-state index is 13.4. The van der Waals surface area contributed by atoms with Gasteiger partial charge in [-0.25, -0.2) is 13.8 Å². The van der Waals surface area contributed by atoms with Crippen molar-refractivity contribution in [2.75, 3.05) is 31.1 Å². The Labute approximate surface area is 190 Å². The number of hydrogen-bond acceptors (Lipinski definition) is 3. The number of aromatic carboxylic acids is 1. The zero-order chi connectivity index (χ0) is 22.7. The van der Waals surface area contributed by atoms with Crippen LogP contribution in [0, 0.1) is 5.92 Å². The molecule has 6 heteroatoms. The lowest BCUT2D eigenvalue weighted by Crippen LogP contribution is -2.48. The highest BCUT2D eigenvalue weighted by Gasteiger charge is 2.29. The van der Waals surface area contributed by atoms with Crippen LogP contribution in [-0.4, -0.2) is 43.4 Å². The van der Waals surface area contributed by atoms with Gasteiger partial charge in [0.15, 0.2) is 13.1 Å². The Morgan fingerprint density at radius 2 is 1.85 bits per heavy atom. The quantitative estimate of drug-likeness (QED) is 0.375. The fraction of sp³-hybridized carbons (Fsp3) is 0.259. The zero-order valence-electron chi connectivity index (χ0n) is 18.3. The predicted octanol–water partition coefficient (Wildman–Crippen LogP) is 4.48. The summed E-state index contributed by atoms with van der Waals surface area (Å²) in [6, 6.07) is 19.1. The topological polar surface area (TPSA) is 56.7 Å². The number of hydrogen-bond donors (Lipinski definition) is 1. The highest BCUT2D eigenvalue weighted by Crippen LogP contribution is 2.42. The average molecular weight is 443 g/mol. The molecule has 2 aromatic rings. The molecular weight excluding hydrogens is 419 g/mol. The van der Waals surface area contributed by atoms with E-state index in [-0.39, 0.29) is 5.56 Å². The van der Waals surface area contributed by atoms with E-state index in [1.165, 1.54) is 0 Å². The molecule has 2 saturated heterocycles. The van der Waals surface area contributed by atoms with Gasteiger partial charge in [-0.2, -0.15) is 0 Å². The monoisotopic (exact) mass is 443 g/mol. The molecule has 1 N–H and O–H groups in total. The molecule has 2 aromatic carbocycles. The third kappa shape index (κ3) is 3.28. The first-order valence-corrected chi connectivity index (χ1v) is 11.3. The summed E-state index contributed by atoms with van der Waals surface area (Å²) in [5, 5.41) is 11.8. The van der Waals surface area contributed by atoms with Gasteiger partial charge >= 0.3 is 5.97 Å². The minimum Gasteiger partial charge on any atom is -0.478 e. The number of alkyl halides is 1. The molecule has 0 amide bonds. The molecule has 4 aliphatic rings. The summed E-state index contributed by atoms with van der Waals surface area (Å²) in [6.45, 7) is 5.01. The first-order valence-electron chi connectivity index (χ1n) is 11.3. The fourth-order valence-corrected chi connectivity index (χ4v) is 4.98. The maximum Gasteiger partial charge on any atom is 0.336 e. The molecule has 0 bridgehead atoms. The van der Waals surface area contributed by atoms with Gasteiger partial charge in [0.25, 0.3) is 0 Å². The number of anilines is 1. The Hall–Kier alpha value is -3.67. The van der Waals surface area contributed by atoms with Crippen LogP contribution in [0.5, 0.6) is 0 Å². The minimum absolute atomic E-state index is 0.249. The summed E-state index contributed by atoms with van der Waals surface area (Å²) in [5.74, 6) is 0.412. The minimum atomic E-state index is -0.968. The number of fused-ring (bicyclic) bond motifs is 2. The van der Waals surface area contributed by atoms with Crippen molar-refractivity contribution in [2.45, 2.75) is 13.1 Å². The zero-order valence-corrected chi connectivity index (χ0v) is 18.3. The van der Waals surface area contributed by atoms with Crippen LogP contribution in [0.25, 0.3) is 33.4 Å². The first kappa shape index (κ1) is 20.0. The molecule has 0 aromatic heterocycles. The Morgan fingerprint density at radius 3 is 2.58 bits per heavy atom. The molecule has 3 heterocycles. The SMILES string of the molecule is CC1C[N+](=c2ccc3c(-c4ccccc4C(=O)O)c4ccc(N5CC(F)C5)cc4oc-3c2)C1.